The largest absolute Gasteiger partial charge is 0.481 e. The van der Waals surface area contributed by atoms with E-state index in [9.17, 15) is 19.5 Å². The molecule has 0 saturated heterocycles. The molecule has 174 valence electrons. The van der Waals surface area contributed by atoms with Gasteiger partial charge in [0.25, 0.3) is 0 Å². The summed E-state index contributed by atoms with van der Waals surface area (Å²) in [6.45, 7) is 1.96. The number of fused-ring (bicyclic) bond motifs is 3. The Kier molecular flexibility index (Phi) is 6.96. The van der Waals surface area contributed by atoms with Crippen LogP contribution >= 0.6 is 0 Å². The fraction of sp³-hybridized carbons (Fsp3) is 0.423. The van der Waals surface area contributed by atoms with E-state index in [4.69, 9.17) is 4.74 Å². The average Bonchev–Trinajstić information content (AvgIpc) is 3.15. The molecule has 1 saturated carbocycles. The zero-order chi connectivity index (χ0) is 23.4. The molecular weight excluding hydrogens is 420 g/mol. The van der Waals surface area contributed by atoms with Gasteiger partial charge in [-0.15, -0.1) is 0 Å². The molecule has 7 nitrogen and oxygen atoms in total. The van der Waals surface area contributed by atoms with Crippen molar-refractivity contribution in [3.05, 3.63) is 59.7 Å². The molecular formula is C26H30N2O5. The maximum atomic E-state index is 12.8. The van der Waals surface area contributed by atoms with Gasteiger partial charge in [0, 0.05) is 12.0 Å². The highest BCUT2D eigenvalue weighted by Gasteiger charge is 2.34. The molecule has 7 heteroatoms. The van der Waals surface area contributed by atoms with Gasteiger partial charge in [-0.05, 0) is 41.5 Å². The Labute approximate surface area is 193 Å². The number of carbonyl (C=O) groups is 3. The third-order valence-electron chi connectivity index (χ3n) is 6.77. The Morgan fingerprint density at radius 1 is 1.00 bits per heavy atom. The minimum absolute atomic E-state index is 0.0596. The van der Waals surface area contributed by atoms with E-state index in [1.165, 1.54) is 0 Å². The van der Waals surface area contributed by atoms with Crippen molar-refractivity contribution in [3.8, 4) is 11.1 Å². The molecule has 2 amide bonds. The Morgan fingerprint density at radius 3 is 2.21 bits per heavy atom. The maximum Gasteiger partial charge on any atom is 0.407 e. The molecule has 1 fully saturated rings. The molecule has 0 unspecified atom stereocenters. The average molecular weight is 451 g/mol. The van der Waals surface area contributed by atoms with Crippen LogP contribution in [-0.4, -0.2) is 41.8 Å². The number of carboxylic acids is 1. The van der Waals surface area contributed by atoms with E-state index < -0.39 is 30.1 Å². The first-order valence-corrected chi connectivity index (χ1v) is 11.6. The van der Waals surface area contributed by atoms with Crippen LogP contribution in [0.1, 0.15) is 56.1 Å². The number of carbonyl (C=O) groups excluding carboxylic acids is 2. The lowest BCUT2D eigenvalue weighted by molar-refractivity contribution is -0.144. The summed E-state index contributed by atoms with van der Waals surface area (Å²) in [4.78, 5) is 36.8. The highest BCUT2D eigenvalue weighted by Crippen LogP contribution is 2.44. The SMILES string of the molecule is CC[C@@H](NC(=O)OCC1c2ccccc2-c2ccccc21)C(=O)N[C@H]1CCCC[C@H]1C(=O)O. The molecule has 0 radical (unpaired) electrons. The first-order chi connectivity index (χ1) is 16.0. The third-order valence-corrected chi connectivity index (χ3v) is 6.77. The number of alkyl carbamates (subject to hydrolysis) is 1. The number of rotatable bonds is 7. The van der Waals surface area contributed by atoms with E-state index in [-0.39, 0.29) is 18.4 Å². The van der Waals surface area contributed by atoms with Crippen LogP contribution in [-0.2, 0) is 14.3 Å². The molecule has 2 aliphatic carbocycles. The lowest BCUT2D eigenvalue weighted by Crippen LogP contribution is -2.53. The van der Waals surface area contributed by atoms with Crippen molar-refractivity contribution < 1.29 is 24.2 Å². The fourth-order valence-electron chi connectivity index (χ4n) is 5.02. The molecule has 3 atom stereocenters. The summed E-state index contributed by atoms with van der Waals surface area (Å²) in [5.74, 6) is -1.91. The van der Waals surface area contributed by atoms with E-state index in [2.05, 4.69) is 22.8 Å². The van der Waals surface area contributed by atoms with E-state index in [0.717, 1.165) is 35.1 Å². The second kappa shape index (κ2) is 10.1. The Hall–Kier alpha value is -3.35. The summed E-state index contributed by atoms with van der Waals surface area (Å²) in [6.07, 6.45) is 2.63. The van der Waals surface area contributed by atoms with Gasteiger partial charge in [-0.2, -0.15) is 0 Å². The van der Waals surface area contributed by atoms with Crippen molar-refractivity contribution in [2.75, 3.05) is 6.61 Å². The predicted molar refractivity (Wildman–Crippen MR) is 124 cm³/mol. The summed E-state index contributed by atoms with van der Waals surface area (Å²) in [6, 6.07) is 15.0. The molecule has 2 aromatic rings. The highest BCUT2D eigenvalue weighted by molar-refractivity contribution is 5.86. The molecule has 0 heterocycles. The Bertz CT molecular complexity index is 991. The summed E-state index contributed by atoms with van der Waals surface area (Å²) in [5, 5.41) is 14.9. The van der Waals surface area contributed by atoms with Gasteiger partial charge < -0.3 is 20.5 Å². The van der Waals surface area contributed by atoms with Gasteiger partial charge in [0.2, 0.25) is 5.91 Å². The van der Waals surface area contributed by atoms with Crippen LogP contribution in [0.25, 0.3) is 11.1 Å². The van der Waals surface area contributed by atoms with Gasteiger partial charge >= 0.3 is 12.1 Å². The number of hydrogen-bond donors (Lipinski definition) is 3. The summed E-state index contributed by atoms with van der Waals surface area (Å²) in [7, 11) is 0. The van der Waals surface area contributed by atoms with Crippen molar-refractivity contribution >= 4 is 18.0 Å². The van der Waals surface area contributed by atoms with E-state index in [1.54, 1.807) is 6.92 Å². The fourth-order valence-corrected chi connectivity index (χ4v) is 5.02. The molecule has 2 aliphatic rings. The van der Waals surface area contributed by atoms with Crippen molar-refractivity contribution in [3.63, 3.8) is 0 Å². The number of aliphatic carboxylic acids is 1. The van der Waals surface area contributed by atoms with Crippen LogP contribution in [0.2, 0.25) is 0 Å². The number of ether oxygens (including phenoxy) is 1. The van der Waals surface area contributed by atoms with E-state index in [1.807, 2.05) is 36.4 Å². The molecule has 0 bridgehead atoms. The number of benzene rings is 2. The molecule has 33 heavy (non-hydrogen) atoms. The first-order valence-electron chi connectivity index (χ1n) is 11.6. The summed E-state index contributed by atoms with van der Waals surface area (Å²) < 4.78 is 5.55. The topological polar surface area (TPSA) is 105 Å². The van der Waals surface area contributed by atoms with Crippen LogP contribution in [0.3, 0.4) is 0 Å². The summed E-state index contributed by atoms with van der Waals surface area (Å²) in [5.41, 5.74) is 4.53. The zero-order valence-electron chi connectivity index (χ0n) is 18.8. The third kappa shape index (κ3) is 4.87. The van der Waals surface area contributed by atoms with Crippen molar-refractivity contribution in [2.24, 2.45) is 5.92 Å². The maximum absolute atomic E-state index is 12.8. The molecule has 3 N–H and O–H groups in total. The number of amides is 2. The van der Waals surface area contributed by atoms with Gasteiger partial charge in [0.1, 0.15) is 12.6 Å². The van der Waals surface area contributed by atoms with E-state index >= 15 is 0 Å². The monoisotopic (exact) mass is 450 g/mol. The number of hydrogen-bond acceptors (Lipinski definition) is 4. The molecule has 0 spiro atoms. The van der Waals surface area contributed by atoms with Gasteiger partial charge in [0.05, 0.1) is 5.92 Å². The van der Waals surface area contributed by atoms with Crippen LogP contribution < -0.4 is 10.6 Å². The zero-order valence-corrected chi connectivity index (χ0v) is 18.8. The molecule has 2 aromatic carbocycles. The van der Waals surface area contributed by atoms with Crippen molar-refractivity contribution in [2.45, 2.75) is 57.0 Å². The van der Waals surface area contributed by atoms with Gasteiger partial charge in [-0.3, -0.25) is 9.59 Å². The molecule has 0 aromatic heterocycles. The van der Waals surface area contributed by atoms with Crippen LogP contribution in [0, 0.1) is 5.92 Å². The van der Waals surface area contributed by atoms with Crippen LogP contribution in [0.15, 0.2) is 48.5 Å². The Balaban J connectivity index is 1.36. The smallest absolute Gasteiger partial charge is 0.407 e. The lowest BCUT2D eigenvalue weighted by Gasteiger charge is -2.30. The normalized spacial score (nSPS) is 20.3. The predicted octanol–water partition coefficient (Wildman–Crippen LogP) is 4.06. The minimum Gasteiger partial charge on any atom is -0.481 e. The van der Waals surface area contributed by atoms with Crippen molar-refractivity contribution in [1.29, 1.82) is 0 Å². The first kappa shape index (κ1) is 22.8. The molecule has 0 aliphatic heterocycles. The number of carboxylic acid groups (broad SMARTS) is 1. The standard InChI is InChI=1S/C26H30N2O5/c1-2-22(24(29)27-23-14-8-7-13-20(23)25(30)31)28-26(32)33-15-21-18-11-5-3-9-16(18)17-10-4-6-12-19(17)21/h3-6,9-12,20-23H,2,7-8,13-15H2,1H3,(H,27,29)(H,28,32)(H,30,31)/t20-,22-,23+/m1/s1. The Morgan fingerprint density at radius 2 is 1.61 bits per heavy atom. The highest BCUT2D eigenvalue weighted by atomic mass is 16.5. The van der Waals surface area contributed by atoms with Gasteiger partial charge in [-0.25, -0.2) is 4.79 Å². The molecule has 4 rings (SSSR count). The second-order valence-corrected chi connectivity index (χ2v) is 8.77. The quantitative estimate of drug-likeness (QED) is 0.590. The van der Waals surface area contributed by atoms with Crippen LogP contribution in [0.5, 0.6) is 0 Å². The summed E-state index contributed by atoms with van der Waals surface area (Å²) >= 11 is 0. The van der Waals surface area contributed by atoms with Gasteiger partial charge in [-0.1, -0.05) is 68.3 Å². The van der Waals surface area contributed by atoms with Crippen LogP contribution in [0.4, 0.5) is 4.79 Å². The van der Waals surface area contributed by atoms with E-state index in [0.29, 0.717) is 19.3 Å². The minimum atomic E-state index is -0.891. The number of nitrogens with one attached hydrogen (secondary N) is 2. The lowest BCUT2D eigenvalue weighted by atomic mass is 9.84. The van der Waals surface area contributed by atoms with Crippen molar-refractivity contribution in [1.82, 2.24) is 10.6 Å². The van der Waals surface area contributed by atoms with Gasteiger partial charge in [0.15, 0.2) is 0 Å². The second-order valence-electron chi connectivity index (χ2n) is 8.77.